The molecule has 0 heterocycles. The lowest BCUT2D eigenvalue weighted by atomic mass is 10.1. The molecule has 1 unspecified atom stereocenters. The van der Waals surface area contributed by atoms with Crippen molar-refractivity contribution in [1.82, 2.24) is 5.32 Å². The van der Waals surface area contributed by atoms with Crippen LogP contribution in [-0.2, 0) is 4.79 Å². The molecule has 1 N–H and O–H groups in total. The molecular formula is C18H20BrNO2. The largest absolute Gasteiger partial charge is 0.493 e. The molecule has 0 bridgehead atoms. The minimum atomic E-state index is -0.0402. The lowest BCUT2D eigenvalue weighted by Gasteiger charge is -2.16. The van der Waals surface area contributed by atoms with E-state index in [9.17, 15) is 4.79 Å². The highest BCUT2D eigenvalue weighted by atomic mass is 79.9. The van der Waals surface area contributed by atoms with E-state index in [0.29, 0.717) is 13.0 Å². The minimum absolute atomic E-state index is 0.0168. The molecule has 1 amide bonds. The molecule has 4 heteroatoms. The number of rotatable bonds is 6. The van der Waals surface area contributed by atoms with E-state index in [-0.39, 0.29) is 11.9 Å². The summed E-state index contributed by atoms with van der Waals surface area (Å²) < 4.78 is 6.65. The average molecular weight is 362 g/mol. The third-order valence-electron chi connectivity index (χ3n) is 3.43. The van der Waals surface area contributed by atoms with Gasteiger partial charge in [-0.1, -0.05) is 52.3 Å². The summed E-state index contributed by atoms with van der Waals surface area (Å²) in [6, 6.07) is 15.6. The SMILES string of the molecule is Cc1ccccc1OCCC(=O)NC(C)c1ccccc1Br. The van der Waals surface area contributed by atoms with Crippen LogP contribution < -0.4 is 10.1 Å². The monoisotopic (exact) mass is 361 g/mol. The van der Waals surface area contributed by atoms with Crippen LogP contribution in [-0.4, -0.2) is 12.5 Å². The lowest BCUT2D eigenvalue weighted by Crippen LogP contribution is -2.28. The second-order valence-electron chi connectivity index (χ2n) is 5.17. The fraction of sp³-hybridized carbons (Fsp3) is 0.278. The Balaban J connectivity index is 1.81. The average Bonchev–Trinajstić information content (AvgIpc) is 2.49. The molecule has 1 atom stereocenters. The van der Waals surface area contributed by atoms with Crippen molar-refractivity contribution in [3.63, 3.8) is 0 Å². The van der Waals surface area contributed by atoms with E-state index in [0.717, 1.165) is 21.3 Å². The summed E-state index contributed by atoms with van der Waals surface area (Å²) in [6.45, 7) is 4.34. The zero-order valence-corrected chi connectivity index (χ0v) is 14.4. The minimum Gasteiger partial charge on any atom is -0.493 e. The summed E-state index contributed by atoms with van der Waals surface area (Å²) in [6.07, 6.45) is 0.336. The van der Waals surface area contributed by atoms with E-state index in [1.54, 1.807) is 0 Å². The zero-order valence-electron chi connectivity index (χ0n) is 12.8. The molecule has 0 spiro atoms. The van der Waals surface area contributed by atoms with E-state index >= 15 is 0 Å². The van der Waals surface area contributed by atoms with E-state index in [1.807, 2.05) is 62.4 Å². The number of aryl methyl sites for hydroxylation is 1. The molecule has 2 aromatic carbocycles. The molecule has 0 aliphatic heterocycles. The van der Waals surface area contributed by atoms with Crippen LogP contribution in [0.2, 0.25) is 0 Å². The molecule has 0 radical (unpaired) electrons. The highest BCUT2D eigenvalue weighted by Crippen LogP contribution is 2.22. The Hall–Kier alpha value is -1.81. The quantitative estimate of drug-likeness (QED) is 0.827. The van der Waals surface area contributed by atoms with Gasteiger partial charge >= 0.3 is 0 Å². The molecule has 2 aromatic rings. The summed E-state index contributed by atoms with van der Waals surface area (Å²) >= 11 is 3.50. The number of carbonyl (C=O) groups is 1. The standard InChI is InChI=1S/C18H20BrNO2/c1-13-7-3-6-10-17(13)22-12-11-18(21)20-14(2)15-8-4-5-9-16(15)19/h3-10,14H,11-12H2,1-2H3,(H,20,21). The normalized spacial score (nSPS) is 11.8. The van der Waals surface area contributed by atoms with Crippen LogP contribution in [0, 0.1) is 6.92 Å². The third kappa shape index (κ3) is 4.60. The van der Waals surface area contributed by atoms with E-state index in [2.05, 4.69) is 21.2 Å². The van der Waals surface area contributed by atoms with Gasteiger partial charge in [0.15, 0.2) is 0 Å². The number of hydrogen-bond acceptors (Lipinski definition) is 2. The summed E-state index contributed by atoms with van der Waals surface area (Å²) in [5.74, 6) is 0.811. The van der Waals surface area contributed by atoms with Crippen molar-refractivity contribution >= 4 is 21.8 Å². The topological polar surface area (TPSA) is 38.3 Å². The summed E-state index contributed by atoms with van der Waals surface area (Å²) in [7, 11) is 0. The van der Waals surface area contributed by atoms with Crippen molar-refractivity contribution in [2.75, 3.05) is 6.61 Å². The fourth-order valence-electron chi connectivity index (χ4n) is 2.19. The summed E-state index contributed by atoms with van der Waals surface area (Å²) in [4.78, 5) is 12.0. The molecule has 22 heavy (non-hydrogen) atoms. The lowest BCUT2D eigenvalue weighted by molar-refractivity contribution is -0.122. The van der Waals surface area contributed by atoms with Crippen LogP contribution in [0.25, 0.3) is 0 Å². The third-order valence-corrected chi connectivity index (χ3v) is 4.15. The first kappa shape index (κ1) is 16.6. The van der Waals surface area contributed by atoms with Crippen LogP contribution >= 0.6 is 15.9 Å². The van der Waals surface area contributed by atoms with E-state index in [1.165, 1.54) is 0 Å². The van der Waals surface area contributed by atoms with Gasteiger partial charge in [-0.15, -0.1) is 0 Å². The number of amides is 1. The van der Waals surface area contributed by atoms with Gasteiger partial charge in [0.05, 0.1) is 19.1 Å². The second-order valence-corrected chi connectivity index (χ2v) is 6.03. The fourth-order valence-corrected chi connectivity index (χ4v) is 2.82. The molecule has 0 saturated heterocycles. The Morgan fingerprint density at radius 3 is 2.59 bits per heavy atom. The van der Waals surface area contributed by atoms with Gasteiger partial charge < -0.3 is 10.1 Å². The molecule has 116 valence electrons. The maximum atomic E-state index is 12.0. The van der Waals surface area contributed by atoms with Gasteiger partial charge in [-0.25, -0.2) is 0 Å². The Kier molecular flexibility index (Phi) is 6.01. The first-order valence-corrected chi connectivity index (χ1v) is 8.09. The first-order chi connectivity index (χ1) is 10.6. The molecule has 0 saturated carbocycles. The predicted molar refractivity (Wildman–Crippen MR) is 92.0 cm³/mol. The Labute approximate surface area is 139 Å². The molecular weight excluding hydrogens is 342 g/mol. The molecule has 2 rings (SSSR count). The van der Waals surface area contributed by atoms with Crippen LogP contribution in [0.1, 0.15) is 30.5 Å². The number of hydrogen-bond donors (Lipinski definition) is 1. The van der Waals surface area contributed by atoms with Crippen LogP contribution in [0.4, 0.5) is 0 Å². The van der Waals surface area contributed by atoms with Crippen LogP contribution in [0.15, 0.2) is 53.0 Å². The number of para-hydroxylation sites is 1. The molecule has 0 aliphatic rings. The van der Waals surface area contributed by atoms with Crippen molar-refractivity contribution in [1.29, 1.82) is 0 Å². The molecule has 0 fully saturated rings. The van der Waals surface area contributed by atoms with Crippen molar-refractivity contribution in [2.45, 2.75) is 26.3 Å². The van der Waals surface area contributed by atoms with Crippen LogP contribution in [0.5, 0.6) is 5.75 Å². The highest BCUT2D eigenvalue weighted by molar-refractivity contribution is 9.10. The maximum Gasteiger partial charge on any atom is 0.223 e. The van der Waals surface area contributed by atoms with E-state index in [4.69, 9.17) is 4.74 Å². The van der Waals surface area contributed by atoms with E-state index < -0.39 is 0 Å². The van der Waals surface area contributed by atoms with Gasteiger partial charge in [0.2, 0.25) is 5.91 Å². The van der Waals surface area contributed by atoms with Gasteiger partial charge in [0, 0.05) is 4.47 Å². The van der Waals surface area contributed by atoms with Crippen LogP contribution in [0.3, 0.4) is 0 Å². The Morgan fingerprint density at radius 1 is 1.18 bits per heavy atom. The molecule has 0 aromatic heterocycles. The van der Waals surface area contributed by atoms with Crippen molar-refractivity contribution < 1.29 is 9.53 Å². The maximum absolute atomic E-state index is 12.0. The van der Waals surface area contributed by atoms with Gasteiger partial charge in [-0.3, -0.25) is 4.79 Å². The Bertz CT molecular complexity index is 642. The second kappa shape index (κ2) is 7.99. The van der Waals surface area contributed by atoms with Crippen molar-refractivity contribution in [2.24, 2.45) is 0 Å². The van der Waals surface area contributed by atoms with Crippen molar-refractivity contribution in [3.8, 4) is 5.75 Å². The highest BCUT2D eigenvalue weighted by Gasteiger charge is 2.12. The molecule has 3 nitrogen and oxygen atoms in total. The molecule has 0 aliphatic carbocycles. The Morgan fingerprint density at radius 2 is 1.86 bits per heavy atom. The number of carbonyl (C=O) groups excluding carboxylic acids is 1. The van der Waals surface area contributed by atoms with Crippen molar-refractivity contribution in [3.05, 3.63) is 64.1 Å². The number of nitrogens with one attached hydrogen (secondary N) is 1. The predicted octanol–water partition coefficient (Wildman–Crippen LogP) is 4.40. The smallest absolute Gasteiger partial charge is 0.223 e. The van der Waals surface area contributed by atoms with Gasteiger partial charge in [-0.2, -0.15) is 0 Å². The van der Waals surface area contributed by atoms with Gasteiger partial charge in [-0.05, 0) is 37.1 Å². The first-order valence-electron chi connectivity index (χ1n) is 7.30. The summed E-state index contributed by atoms with van der Waals surface area (Å²) in [5, 5.41) is 2.99. The number of halogens is 1. The van der Waals surface area contributed by atoms with Gasteiger partial charge in [0.25, 0.3) is 0 Å². The number of ether oxygens (including phenoxy) is 1. The summed E-state index contributed by atoms with van der Waals surface area (Å²) in [5.41, 5.74) is 2.14. The zero-order chi connectivity index (χ0) is 15.9. The van der Waals surface area contributed by atoms with Gasteiger partial charge in [0.1, 0.15) is 5.75 Å². The number of benzene rings is 2.